The molecule has 104 valence electrons. The van der Waals surface area contributed by atoms with E-state index in [9.17, 15) is 14.9 Å². The number of nitro groups is 1. The summed E-state index contributed by atoms with van der Waals surface area (Å²) in [6.45, 7) is 1.82. The predicted molar refractivity (Wildman–Crippen MR) is 67.6 cm³/mol. The van der Waals surface area contributed by atoms with Gasteiger partial charge in [0.15, 0.2) is 6.73 Å². The predicted octanol–water partition coefficient (Wildman–Crippen LogP) is 1.83. The second-order valence-corrected chi connectivity index (χ2v) is 4.05. The van der Waals surface area contributed by atoms with Crippen molar-refractivity contribution in [2.24, 2.45) is 0 Å². The minimum Gasteiger partial charge on any atom is -0.476 e. The molecule has 0 saturated heterocycles. The molecule has 0 saturated carbocycles. The number of carboxylic acid groups (broad SMARTS) is 1. The van der Waals surface area contributed by atoms with Crippen LogP contribution < -0.4 is 4.74 Å². The molecule has 0 spiro atoms. The highest BCUT2D eigenvalue weighted by Gasteiger charge is 2.25. The molecular weight excluding hydrogens is 266 g/mol. The van der Waals surface area contributed by atoms with Gasteiger partial charge < -0.3 is 9.84 Å². The second kappa shape index (κ2) is 5.39. The van der Waals surface area contributed by atoms with Crippen LogP contribution in [0, 0.1) is 17.0 Å². The molecule has 0 bridgehead atoms. The van der Waals surface area contributed by atoms with E-state index in [0.29, 0.717) is 5.75 Å². The Labute approximate surface area is 113 Å². The Morgan fingerprint density at radius 3 is 2.60 bits per heavy atom. The zero-order chi connectivity index (χ0) is 14.7. The molecule has 0 fully saturated rings. The van der Waals surface area contributed by atoms with Crippen molar-refractivity contribution in [2.45, 2.75) is 13.7 Å². The van der Waals surface area contributed by atoms with Gasteiger partial charge in [0.05, 0.1) is 4.92 Å². The van der Waals surface area contributed by atoms with Gasteiger partial charge in [-0.3, -0.25) is 10.1 Å². The monoisotopic (exact) mass is 277 g/mol. The Kier molecular flexibility index (Phi) is 3.65. The first kappa shape index (κ1) is 13.5. The van der Waals surface area contributed by atoms with Crippen LogP contribution in [-0.4, -0.2) is 25.8 Å². The maximum atomic E-state index is 10.8. The molecule has 2 rings (SSSR count). The number of carbonyl (C=O) groups is 1. The van der Waals surface area contributed by atoms with E-state index in [1.165, 1.54) is 0 Å². The zero-order valence-corrected chi connectivity index (χ0v) is 10.5. The molecule has 1 aromatic carbocycles. The first-order valence-corrected chi connectivity index (χ1v) is 5.62. The van der Waals surface area contributed by atoms with E-state index in [0.717, 1.165) is 16.4 Å². The molecule has 0 aliphatic rings. The number of rotatable bonds is 5. The SMILES string of the molecule is Cc1ccc(OCn2cc([N+](=O)[O-])c(C(=O)O)n2)cc1. The molecule has 20 heavy (non-hydrogen) atoms. The van der Waals surface area contributed by atoms with Gasteiger partial charge in [0.2, 0.25) is 5.69 Å². The van der Waals surface area contributed by atoms with E-state index in [-0.39, 0.29) is 6.73 Å². The number of benzene rings is 1. The van der Waals surface area contributed by atoms with Crippen molar-refractivity contribution in [1.82, 2.24) is 9.78 Å². The molecule has 1 aromatic heterocycles. The van der Waals surface area contributed by atoms with Crippen LogP contribution in [0.2, 0.25) is 0 Å². The second-order valence-electron chi connectivity index (χ2n) is 4.05. The third kappa shape index (κ3) is 2.91. The molecule has 1 heterocycles. The summed E-state index contributed by atoms with van der Waals surface area (Å²) in [4.78, 5) is 20.7. The first-order valence-electron chi connectivity index (χ1n) is 5.62. The molecule has 0 aliphatic carbocycles. The Hall–Kier alpha value is -2.90. The lowest BCUT2D eigenvalue weighted by Crippen LogP contribution is -2.07. The number of aryl methyl sites for hydroxylation is 1. The number of aromatic nitrogens is 2. The van der Waals surface area contributed by atoms with Gasteiger partial charge in [-0.15, -0.1) is 0 Å². The molecule has 0 amide bonds. The summed E-state index contributed by atoms with van der Waals surface area (Å²) in [5.74, 6) is -0.892. The van der Waals surface area contributed by atoms with Gasteiger partial charge >= 0.3 is 11.7 Å². The van der Waals surface area contributed by atoms with Crippen molar-refractivity contribution in [3.05, 3.63) is 51.8 Å². The summed E-state index contributed by atoms with van der Waals surface area (Å²) < 4.78 is 6.43. The van der Waals surface area contributed by atoms with Crippen molar-refractivity contribution in [3.63, 3.8) is 0 Å². The summed E-state index contributed by atoms with van der Waals surface area (Å²) in [6, 6.07) is 7.18. The van der Waals surface area contributed by atoms with Gasteiger partial charge in [0, 0.05) is 0 Å². The van der Waals surface area contributed by atoms with Crippen molar-refractivity contribution in [1.29, 1.82) is 0 Å². The lowest BCUT2D eigenvalue weighted by atomic mass is 10.2. The van der Waals surface area contributed by atoms with E-state index in [1.54, 1.807) is 12.1 Å². The molecular formula is C12H11N3O5. The quantitative estimate of drug-likeness (QED) is 0.659. The van der Waals surface area contributed by atoms with Crippen LogP contribution in [0.4, 0.5) is 5.69 Å². The van der Waals surface area contributed by atoms with Crippen LogP contribution in [0.3, 0.4) is 0 Å². The summed E-state index contributed by atoms with van der Waals surface area (Å²) in [5.41, 5.74) is -0.104. The topological polar surface area (TPSA) is 107 Å². The van der Waals surface area contributed by atoms with E-state index in [4.69, 9.17) is 9.84 Å². The Bertz CT molecular complexity index is 616. The number of ether oxygens (including phenoxy) is 1. The minimum absolute atomic E-state index is 0.114. The number of aromatic carboxylic acids is 1. The van der Waals surface area contributed by atoms with E-state index in [2.05, 4.69) is 5.10 Å². The van der Waals surface area contributed by atoms with Crippen molar-refractivity contribution in [2.75, 3.05) is 0 Å². The maximum Gasteiger partial charge on any atom is 0.363 e. The molecule has 8 heteroatoms. The van der Waals surface area contributed by atoms with Gasteiger partial charge in [0.1, 0.15) is 11.9 Å². The standard InChI is InChI=1S/C12H11N3O5/c1-8-2-4-9(5-3-8)20-7-14-6-10(15(18)19)11(13-14)12(16)17/h2-6H,7H2,1H3,(H,16,17). The average molecular weight is 277 g/mol. The molecule has 2 aromatic rings. The average Bonchev–Trinajstić information content (AvgIpc) is 2.83. The molecule has 0 radical (unpaired) electrons. The van der Waals surface area contributed by atoms with Crippen molar-refractivity contribution in [3.8, 4) is 5.75 Å². The van der Waals surface area contributed by atoms with Gasteiger partial charge in [0.25, 0.3) is 0 Å². The molecule has 8 nitrogen and oxygen atoms in total. The van der Waals surface area contributed by atoms with Crippen molar-refractivity contribution >= 4 is 11.7 Å². The summed E-state index contributed by atoms with van der Waals surface area (Å²) >= 11 is 0. The summed E-state index contributed by atoms with van der Waals surface area (Å²) in [5, 5.41) is 23.1. The fraction of sp³-hybridized carbons (Fsp3) is 0.167. The highest BCUT2D eigenvalue weighted by Crippen LogP contribution is 2.17. The maximum absolute atomic E-state index is 10.8. The number of hydrogen-bond donors (Lipinski definition) is 1. The van der Waals surface area contributed by atoms with Crippen LogP contribution in [0.5, 0.6) is 5.75 Å². The third-order valence-corrected chi connectivity index (χ3v) is 2.53. The molecule has 0 unspecified atom stereocenters. The Morgan fingerprint density at radius 2 is 2.10 bits per heavy atom. The molecule has 0 aliphatic heterocycles. The normalized spacial score (nSPS) is 10.2. The zero-order valence-electron chi connectivity index (χ0n) is 10.5. The Balaban J connectivity index is 2.14. The molecule has 0 atom stereocenters. The van der Waals surface area contributed by atoms with Crippen LogP contribution in [-0.2, 0) is 6.73 Å². The van der Waals surface area contributed by atoms with Gasteiger partial charge in [-0.25, -0.2) is 9.48 Å². The van der Waals surface area contributed by atoms with Gasteiger partial charge in [-0.2, -0.15) is 5.10 Å². The lowest BCUT2D eigenvalue weighted by molar-refractivity contribution is -0.385. The summed E-state index contributed by atoms with van der Waals surface area (Å²) in [7, 11) is 0. The highest BCUT2D eigenvalue weighted by atomic mass is 16.6. The highest BCUT2D eigenvalue weighted by molar-refractivity contribution is 5.89. The minimum atomic E-state index is -1.45. The van der Waals surface area contributed by atoms with E-state index in [1.807, 2.05) is 19.1 Å². The largest absolute Gasteiger partial charge is 0.476 e. The van der Waals surface area contributed by atoms with Gasteiger partial charge in [-0.05, 0) is 19.1 Å². The smallest absolute Gasteiger partial charge is 0.363 e. The van der Waals surface area contributed by atoms with Crippen LogP contribution >= 0.6 is 0 Å². The van der Waals surface area contributed by atoms with E-state index >= 15 is 0 Å². The first-order chi connectivity index (χ1) is 9.47. The van der Waals surface area contributed by atoms with Crippen LogP contribution in [0.1, 0.15) is 16.1 Å². The fourth-order valence-corrected chi connectivity index (χ4v) is 1.54. The van der Waals surface area contributed by atoms with Crippen LogP contribution in [0.25, 0.3) is 0 Å². The summed E-state index contributed by atoms with van der Waals surface area (Å²) in [6.07, 6.45) is 1.03. The van der Waals surface area contributed by atoms with Crippen molar-refractivity contribution < 1.29 is 19.6 Å². The number of hydrogen-bond acceptors (Lipinski definition) is 5. The third-order valence-electron chi connectivity index (χ3n) is 2.53. The number of nitrogens with zero attached hydrogens (tertiary/aromatic N) is 3. The lowest BCUT2D eigenvalue weighted by Gasteiger charge is -2.05. The van der Waals surface area contributed by atoms with Gasteiger partial charge in [-0.1, -0.05) is 17.7 Å². The Morgan fingerprint density at radius 1 is 1.45 bits per heavy atom. The van der Waals surface area contributed by atoms with Crippen LogP contribution in [0.15, 0.2) is 30.5 Å². The molecule has 1 N–H and O–H groups in total. The van der Waals surface area contributed by atoms with E-state index < -0.39 is 22.3 Å². The fourth-order valence-electron chi connectivity index (χ4n) is 1.54. The number of carboxylic acids is 1.